The molecule has 0 fully saturated rings. The topological polar surface area (TPSA) is 62.0 Å². The van der Waals surface area contributed by atoms with Crippen LogP contribution in [-0.2, 0) is 16.6 Å². The smallest absolute Gasteiger partial charge is 0.240 e. The van der Waals surface area contributed by atoms with Crippen LogP contribution in [0.5, 0.6) is 0 Å². The summed E-state index contributed by atoms with van der Waals surface area (Å²) < 4.78 is 39.5. The molecule has 0 unspecified atom stereocenters. The van der Waals surface area contributed by atoms with Crippen LogP contribution in [0, 0.1) is 5.82 Å². The third-order valence-electron chi connectivity index (χ3n) is 3.21. The van der Waals surface area contributed by atoms with Gasteiger partial charge in [-0.1, -0.05) is 6.07 Å². The van der Waals surface area contributed by atoms with Crippen molar-refractivity contribution in [3.63, 3.8) is 0 Å². The molecular weight excluding hydrogens is 291 g/mol. The van der Waals surface area contributed by atoms with Gasteiger partial charge in [-0.15, -0.1) is 0 Å². The van der Waals surface area contributed by atoms with E-state index < -0.39 is 15.8 Å². The highest BCUT2D eigenvalue weighted by Crippen LogP contribution is 2.15. The Bertz CT molecular complexity index is 870. The van der Waals surface area contributed by atoms with Crippen molar-refractivity contribution in [3.05, 3.63) is 66.1 Å². The van der Waals surface area contributed by atoms with E-state index >= 15 is 0 Å². The molecule has 0 aliphatic heterocycles. The number of nitrogens with one attached hydrogen (secondary N) is 2. The highest BCUT2D eigenvalue weighted by atomic mass is 32.2. The minimum absolute atomic E-state index is 0.0478. The lowest BCUT2D eigenvalue weighted by atomic mass is 10.1. The maximum atomic E-state index is 12.8. The monoisotopic (exact) mass is 304 g/mol. The van der Waals surface area contributed by atoms with E-state index in [-0.39, 0.29) is 11.4 Å². The van der Waals surface area contributed by atoms with Crippen LogP contribution in [0.1, 0.15) is 5.56 Å². The van der Waals surface area contributed by atoms with Crippen LogP contribution < -0.4 is 4.72 Å². The molecule has 0 aliphatic rings. The summed E-state index contributed by atoms with van der Waals surface area (Å²) in [6.07, 6.45) is 1.83. The molecule has 0 amide bonds. The predicted octanol–water partition coefficient (Wildman–Crippen LogP) is 2.79. The lowest BCUT2D eigenvalue weighted by molar-refractivity contribution is 0.580. The van der Waals surface area contributed by atoms with E-state index in [1.807, 2.05) is 30.5 Å². The van der Waals surface area contributed by atoms with Crippen LogP contribution in [-0.4, -0.2) is 13.4 Å². The second kappa shape index (κ2) is 5.31. The van der Waals surface area contributed by atoms with Gasteiger partial charge in [0.05, 0.1) is 4.90 Å². The largest absolute Gasteiger partial charge is 0.361 e. The van der Waals surface area contributed by atoms with Crippen LogP contribution in [0.4, 0.5) is 4.39 Å². The van der Waals surface area contributed by atoms with Crippen molar-refractivity contribution in [2.75, 3.05) is 0 Å². The highest BCUT2D eigenvalue weighted by Gasteiger charge is 2.13. The van der Waals surface area contributed by atoms with Gasteiger partial charge in [0.2, 0.25) is 10.0 Å². The molecule has 4 nitrogen and oxygen atoms in total. The minimum atomic E-state index is -3.64. The normalized spacial score (nSPS) is 11.9. The molecule has 1 heterocycles. The first-order valence-electron chi connectivity index (χ1n) is 6.36. The van der Waals surface area contributed by atoms with Crippen molar-refractivity contribution in [1.29, 1.82) is 0 Å². The number of H-pyrrole nitrogens is 1. The second-order valence-electron chi connectivity index (χ2n) is 4.68. The van der Waals surface area contributed by atoms with Gasteiger partial charge in [-0.3, -0.25) is 0 Å². The number of sulfonamides is 1. The predicted molar refractivity (Wildman–Crippen MR) is 78.7 cm³/mol. The Balaban J connectivity index is 1.78. The van der Waals surface area contributed by atoms with Crippen molar-refractivity contribution in [1.82, 2.24) is 9.71 Å². The molecule has 0 saturated carbocycles. The SMILES string of the molecule is O=S(=O)(NCc1ccc2[nH]ccc2c1)c1ccc(F)cc1. The summed E-state index contributed by atoms with van der Waals surface area (Å²) in [5.74, 6) is -0.466. The number of aromatic amines is 1. The van der Waals surface area contributed by atoms with Gasteiger partial charge in [0.25, 0.3) is 0 Å². The van der Waals surface area contributed by atoms with Gasteiger partial charge in [-0.05, 0) is 53.4 Å². The summed E-state index contributed by atoms with van der Waals surface area (Å²) in [5, 5.41) is 1.02. The minimum Gasteiger partial charge on any atom is -0.361 e. The summed E-state index contributed by atoms with van der Waals surface area (Å²) >= 11 is 0. The zero-order valence-electron chi connectivity index (χ0n) is 11.0. The van der Waals surface area contributed by atoms with Gasteiger partial charge in [0.15, 0.2) is 0 Å². The molecule has 0 radical (unpaired) electrons. The lowest BCUT2D eigenvalue weighted by Crippen LogP contribution is -2.23. The number of fused-ring (bicyclic) bond motifs is 1. The average Bonchev–Trinajstić information content (AvgIpc) is 2.93. The lowest BCUT2D eigenvalue weighted by Gasteiger charge is -2.07. The fraction of sp³-hybridized carbons (Fsp3) is 0.0667. The average molecular weight is 304 g/mol. The molecule has 3 rings (SSSR count). The third-order valence-corrected chi connectivity index (χ3v) is 4.63. The standard InChI is InChI=1S/C15H13FN2O2S/c16-13-2-4-14(5-3-13)21(19,20)18-10-11-1-6-15-12(9-11)7-8-17-15/h1-9,17-18H,10H2. The van der Waals surface area contributed by atoms with Crippen LogP contribution >= 0.6 is 0 Å². The Morgan fingerprint density at radius 1 is 1.05 bits per heavy atom. The fourth-order valence-electron chi connectivity index (χ4n) is 2.09. The summed E-state index contributed by atoms with van der Waals surface area (Å²) in [6, 6.07) is 12.3. The van der Waals surface area contributed by atoms with Gasteiger partial charge < -0.3 is 4.98 Å². The van der Waals surface area contributed by atoms with Crippen LogP contribution in [0.15, 0.2) is 59.6 Å². The van der Waals surface area contributed by atoms with Crippen LogP contribution in [0.3, 0.4) is 0 Å². The van der Waals surface area contributed by atoms with Crippen molar-refractivity contribution >= 4 is 20.9 Å². The number of halogens is 1. The third kappa shape index (κ3) is 2.96. The van der Waals surface area contributed by atoms with Crippen molar-refractivity contribution in [3.8, 4) is 0 Å². The Morgan fingerprint density at radius 2 is 1.81 bits per heavy atom. The first-order valence-corrected chi connectivity index (χ1v) is 7.84. The number of rotatable bonds is 4. The Kier molecular flexibility index (Phi) is 3.48. The van der Waals surface area contributed by atoms with Crippen LogP contribution in [0.25, 0.3) is 10.9 Å². The molecule has 21 heavy (non-hydrogen) atoms. The van der Waals surface area contributed by atoms with E-state index in [0.29, 0.717) is 0 Å². The highest BCUT2D eigenvalue weighted by molar-refractivity contribution is 7.89. The first-order chi connectivity index (χ1) is 10.0. The Labute approximate surface area is 121 Å². The van der Waals surface area contributed by atoms with E-state index in [1.165, 1.54) is 12.1 Å². The van der Waals surface area contributed by atoms with E-state index in [1.54, 1.807) is 0 Å². The fourth-order valence-corrected chi connectivity index (χ4v) is 3.11. The van der Waals surface area contributed by atoms with Crippen molar-refractivity contribution < 1.29 is 12.8 Å². The molecule has 0 atom stereocenters. The van der Waals surface area contributed by atoms with Gasteiger partial charge in [-0.2, -0.15) is 0 Å². The second-order valence-corrected chi connectivity index (χ2v) is 6.44. The molecule has 0 spiro atoms. The summed E-state index contributed by atoms with van der Waals surface area (Å²) in [5.41, 5.74) is 1.85. The van der Waals surface area contributed by atoms with E-state index in [9.17, 15) is 12.8 Å². The summed E-state index contributed by atoms with van der Waals surface area (Å²) in [7, 11) is -3.64. The molecule has 0 bridgehead atoms. The van der Waals surface area contributed by atoms with E-state index in [2.05, 4.69) is 9.71 Å². The van der Waals surface area contributed by atoms with Crippen molar-refractivity contribution in [2.45, 2.75) is 11.4 Å². The van der Waals surface area contributed by atoms with E-state index in [4.69, 9.17) is 0 Å². The van der Waals surface area contributed by atoms with Gasteiger partial charge in [0, 0.05) is 18.3 Å². The number of aromatic nitrogens is 1. The zero-order valence-corrected chi connectivity index (χ0v) is 11.8. The number of benzene rings is 2. The summed E-state index contributed by atoms with van der Waals surface area (Å²) in [4.78, 5) is 3.12. The molecule has 2 N–H and O–H groups in total. The number of hydrogen-bond donors (Lipinski definition) is 2. The Morgan fingerprint density at radius 3 is 2.57 bits per heavy atom. The molecule has 2 aromatic carbocycles. The van der Waals surface area contributed by atoms with Gasteiger partial charge >= 0.3 is 0 Å². The first kappa shape index (κ1) is 13.8. The molecule has 0 saturated heterocycles. The summed E-state index contributed by atoms with van der Waals surface area (Å²) in [6.45, 7) is 0.181. The number of hydrogen-bond acceptors (Lipinski definition) is 2. The van der Waals surface area contributed by atoms with Gasteiger partial charge in [0.1, 0.15) is 5.82 Å². The molecule has 1 aromatic heterocycles. The van der Waals surface area contributed by atoms with Gasteiger partial charge in [-0.25, -0.2) is 17.5 Å². The molecule has 0 aliphatic carbocycles. The van der Waals surface area contributed by atoms with Crippen molar-refractivity contribution in [2.24, 2.45) is 0 Å². The molecular formula is C15H13FN2O2S. The molecule has 108 valence electrons. The molecule has 6 heteroatoms. The molecule has 3 aromatic rings. The van der Waals surface area contributed by atoms with E-state index in [0.717, 1.165) is 28.6 Å². The quantitative estimate of drug-likeness (QED) is 0.778. The maximum Gasteiger partial charge on any atom is 0.240 e. The van der Waals surface area contributed by atoms with Crippen LogP contribution in [0.2, 0.25) is 0 Å². The zero-order chi connectivity index (χ0) is 14.9. The maximum absolute atomic E-state index is 12.8. The Hall–Kier alpha value is -2.18.